The van der Waals surface area contributed by atoms with Crippen molar-refractivity contribution in [3.63, 3.8) is 0 Å². The Morgan fingerprint density at radius 1 is 1.36 bits per heavy atom. The van der Waals surface area contributed by atoms with Gasteiger partial charge in [-0.15, -0.1) is 0 Å². The lowest BCUT2D eigenvalue weighted by Gasteiger charge is -2.36. The first kappa shape index (κ1) is 9.05. The maximum Gasteiger partial charge on any atom is 0.0118 e. The van der Waals surface area contributed by atoms with Crippen molar-refractivity contribution < 1.29 is 0 Å². The molecule has 1 aliphatic carbocycles. The van der Waals surface area contributed by atoms with Crippen LogP contribution >= 0.6 is 0 Å². The second-order valence-corrected chi connectivity index (χ2v) is 4.02. The first-order chi connectivity index (χ1) is 5.25. The van der Waals surface area contributed by atoms with Gasteiger partial charge in [0.1, 0.15) is 0 Å². The molecule has 1 nitrogen and oxygen atoms in total. The highest BCUT2D eigenvalue weighted by Gasteiger charge is 2.28. The van der Waals surface area contributed by atoms with E-state index in [9.17, 15) is 0 Å². The summed E-state index contributed by atoms with van der Waals surface area (Å²) in [6.07, 6.45) is 4.37. The molecular formula is C10H21N. The van der Waals surface area contributed by atoms with Gasteiger partial charge < -0.3 is 5.32 Å². The van der Waals surface area contributed by atoms with Crippen molar-refractivity contribution in [2.75, 3.05) is 6.54 Å². The third-order valence-corrected chi connectivity index (χ3v) is 2.82. The van der Waals surface area contributed by atoms with Crippen LogP contribution in [0.2, 0.25) is 0 Å². The highest BCUT2D eigenvalue weighted by atomic mass is 14.9. The molecule has 0 aromatic carbocycles. The van der Waals surface area contributed by atoms with Crippen molar-refractivity contribution in [1.29, 1.82) is 0 Å². The van der Waals surface area contributed by atoms with Crippen LogP contribution < -0.4 is 5.32 Å². The van der Waals surface area contributed by atoms with E-state index in [1.807, 2.05) is 0 Å². The fraction of sp³-hybridized carbons (Fsp3) is 1.00. The van der Waals surface area contributed by atoms with Crippen LogP contribution in [0.3, 0.4) is 0 Å². The molecule has 1 aliphatic rings. The molecule has 66 valence electrons. The van der Waals surface area contributed by atoms with Gasteiger partial charge in [0.05, 0.1) is 0 Å². The van der Waals surface area contributed by atoms with Crippen LogP contribution in [0.15, 0.2) is 0 Å². The van der Waals surface area contributed by atoms with Gasteiger partial charge in [0, 0.05) is 6.04 Å². The summed E-state index contributed by atoms with van der Waals surface area (Å²) in [5, 5.41) is 3.58. The van der Waals surface area contributed by atoms with E-state index < -0.39 is 0 Å². The first-order valence-electron chi connectivity index (χ1n) is 4.99. The van der Waals surface area contributed by atoms with E-state index in [4.69, 9.17) is 0 Å². The van der Waals surface area contributed by atoms with Crippen LogP contribution in [0, 0.1) is 11.8 Å². The number of hydrogen-bond donors (Lipinski definition) is 1. The molecule has 0 saturated heterocycles. The van der Waals surface area contributed by atoms with Gasteiger partial charge in [-0.05, 0) is 31.2 Å². The van der Waals surface area contributed by atoms with E-state index in [0.717, 1.165) is 24.4 Å². The summed E-state index contributed by atoms with van der Waals surface area (Å²) in [5.41, 5.74) is 0. The van der Waals surface area contributed by atoms with Crippen molar-refractivity contribution in [2.45, 2.75) is 46.1 Å². The van der Waals surface area contributed by atoms with Crippen LogP contribution in [0.1, 0.15) is 40.0 Å². The van der Waals surface area contributed by atoms with Crippen LogP contribution in [0.5, 0.6) is 0 Å². The van der Waals surface area contributed by atoms with Gasteiger partial charge in [0.15, 0.2) is 0 Å². The van der Waals surface area contributed by atoms with E-state index in [-0.39, 0.29) is 0 Å². The minimum absolute atomic E-state index is 0.786. The molecule has 0 bridgehead atoms. The maximum atomic E-state index is 3.58. The molecule has 0 radical (unpaired) electrons. The average Bonchev–Trinajstić information content (AvgIpc) is 1.82. The summed E-state index contributed by atoms with van der Waals surface area (Å²) in [4.78, 5) is 0. The Hall–Kier alpha value is -0.0400. The molecule has 1 N–H and O–H groups in total. The summed E-state index contributed by atoms with van der Waals surface area (Å²) in [6.45, 7) is 7.98. The Morgan fingerprint density at radius 2 is 2.00 bits per heavy atom. The predicted molar refractivity (Wildman–Crippen MR) is 49.6 cm³/mol. The van der Waals surface area contributed by atoms with Gasteiger partial charge in [-0.25, -0.2) is 0 Å². The third-order valence-electron chi connectivity index (χ3n) is 2.82. The minimum Gasteiger partial charge on any atom is -0.314 e. The van der Waals surface area contributed by atoms with Gasteiger partial charge in [0.25, 0.3) is 0 Å². The summed E-state index contributed by atoms with van der Waals surface area (Å²) in [7, 11) is 0. The normalized spacial score (nSPS) is 21.8. The lowest BCUT2D eigenvalue weighted by molar-refractivity contribution is 0.190. The second-order valence-electron chi connectivity index (χ2n) is 4.02. The second kappa shape index (κ2) is 4.10. The van der Waals surface area contributed by atoms with Crippen molar-refractivity contribution in [2.24, 2.45) is 11.8 Å². The topological polar surface area (TPSA) is 12.0 Å². The van der Waals surface area contributed by atoms with Crippen LogP contribution in [0.25, 0.3) is 0 Å². The van der Waals surface area contributed by atoms with E-state index >= 15 is 0 Å². The van der Waals surface area contributed by atoms with Gasteiger partial charge in [-0.2, -0.15) is 0 Å². The van der Waals surface area contributed by atoms with Gasteiger partial charge in [-0.1, -0.05) is 27.2 Å². The Balaban J connectivity index is 2.31. The van der Waals surface area contributed by atoms with E-state index in [0.29, 0.717) is 0 Å². The van der Waals surface area contributed by atoms with Gasteiger partial charge >= 0.3 is 0 Å². The first-order valence-corrected chi connectivity index (χ1v) is 4.99. The molecule has 1 fully saturated rings. The Labute approximate surface area is 70.6 Å². The molecule has 1 heteroatoms. The zero-order valence-electron chi connectivity index (χ0n) is 8.06. The molecule has 1 saturated carbocycles. The quantitative estimate of drug-likeness (QED) is 0.657. The largest absolute Gasteiger partial charge is 0.314 e. The van der Waals surface area contributed by atoms with Crippen molar-refractivity contribution in [3.05, 3.63) is 0 Å². The van der Waals surface area contributed by atoms with Gasteiger partial charge in [0.2, 0.25) is 0 Å². The van der Waals surface area contributed by atoms with Crippen molar-refractivity contribution in [3.8, 4) is 0 Å². The number of rotatable bonds is 4. The van der Waals surface area contributed by atoms with Crippen LogP contribution in [-0.4, -0.2) is 12.6 Å². The lowest BCUT2D eigenvalue weighted by atomic mass is 9.76. The summed E-state index contributed by atoms with van der Waals surface area (Å²) < 4.78 is 0. The minimum atomic E-state index is 0.786. The fourth-order valence-electron chi connectivity index (χ4n) is 1.98. The highest BCUT2D eigenvalue weighted by molar-refractivity contribution is 4.84. The molecule has 0 aromatic rings. The van der Waals surface area contributed by atoms with E-state index in [2.05, 4.69) is 26.1 Å². The summed E-state index contributed by atoms with van der Waals surface area (Å²) in [6, 6.07) is 0.786. The van der Waals surface area contributed by atoms with E-state index in [1.165, 1.54) is 19.3 Å². The molecule has 0 aliphatic heterocycles. The monoisotopic (exact) mass is 155 g/mol. The standard InChI is InChI=1S/C10H21N/c1-4-11-10(8(2)3)9-6-5-7-9/h8-11H,4-7H2,1-3H3. The smallest absolute Gasteiger partial charge is 0.0118 e. The third kappa shape index (κ3) is 2.19. The number of nitrogens with one attached hydrogen (secondary N) is 1. The molecule has 11 heavy (non-hydrogen) atoms. The SMILES string of the molecule is CCNC(C(C)C)C1CCC1. The van der Waals surface area contributed by atoms with Crippen LogP contribution in [-0.2, 0) is 0 Å². The zero-order chi connectivity index (χ0) is 8.27. The summed E-state index contributed by atoms with van der Waals surface area (Å²) in [5.74, 6) is 1.79. The molecule has 0 aromatic heterocycles. The molecule has 0 heterocycles. The molecule has 0 amide bonds. The Bertz CT molecular complexity index is 105. The Morgan fingerprint density at radius 3 is 2.27 bits per heavy atom. The number of hydrogen-bond acceptors (Lipinski definition) is 1. The van der Waals surface area contributed by atoms with Crippen molar-refractivity contribution in [1.82, 2.24) is 5.32 Å². The fourth-order valence-corrected chi connectivity index (χ4v) is 1.98. The average molecular weight is 155 g/mol. The van der Waals surface area contributed by atoms with E-state index in [1.54, 1.807) is 0 Å². The molecule has 1 atom stereocenters. The van der Waals surface area contributed by atoms with Crippen LogP contribution in [0.4, 0.5) is 0 Å². The van der Waals surface area contributed by atoms with Crippen molar-refractivity contribution >= 4 is 0 Å². The summed E-state index contributed by atoms with van der Waals surface area (Å²) >= 11 is 0. The maximum absolute atomic E-state index is 3.58. The van der Waals surface area contributed by atoms with Gasteiger partial charge in [-0.3, -0.25) is 0 Å². The lowest BCUT2D eigenvalue weighted by Crippen LogP contribution is -2.43. The molecule has 1 rings (SSSR count). The molecular weight excluding hydrogens is 134 g/mol. The highest BCUT2D eigenvalue weighted by Crippen LogP contribution is 2.32. The zero-order valence-corrected chi connectivity index (χ0v) is 8.06. The predicted octanol–water partition coefficient (Wildman–Crippen LogP) is 2.42. The molecule has 1 unspecified atom stereocenters. The Kier molecular flexibility index (Phi) is 3.38. The molecule has 0 spiro atoms.